The number of rotatable bonds is 4. The summed E-state index contributed by atoms with van der Waals surface area (Å²) in [5.74, 6) is 0. The monoisotopic (exact) mass is 318 g/mol. The molecule has 1 atom stereocenters. The number of halogens is 1. The van der Waals surface area contributed by atoms with Crippen LogP contribution < -0.4 is 5.32 Å². The van der Waals surface area contributed by atoms with Crippen LogP contribution in [0.25, 0.3) is 0 Å². The lowest BCUT2D eigenvalue weighted by Crippen LogP contribution is -2.20. The average Bonchev–Trinajstić information content (AvgIpc) is 2.38. The second-order valence-corrected chi connectivity index (χ2v) is 5.77. The standard InChI is InChI=1S/C16H19BrN2/c1-11-5-4-6-12(2)15(11)8-16(18-3)13-7-14(17)10-19-9-13/h4-7,9-10,16,18H,8H2,1-3H3. The number of nitrogens with one attached hydrogen (secondary N) is 1. The SMILES string of the molecule is CNC(Cc1c(C)cccc1C)c1cncc(Br)c1. The van der Waals surface area contributed by atoms with Gasteiger partial charge in [0.1, 0.15) is 0 Å². The van der Waals surface area contributed by atoms with Crippen LogP contribution in [0.4, 0.5) is 0 Å². The molecule has 0 amide bonds. The van der Waals surface area contributed by atoms with Gasteiger partial charge in [-0.15, -0.1) is 0 Å². The molecule has 3 heteroatoms. The maximum atomic E-state index is 4.25. The third-order valence-corrected chi connectivity index (χ3v) is 3.96. The Hall–Kier alpha value is -1.19. The summed E-state index contributed by atoms with van der Waals surface area (Å²) in [7, 11) is 2.00. The lowest BCUT2D eigenvalue weighted by atomic mass is 9.94. The molecule has 2 rings (SSSR count). The summed E-state index contributed by atoms with van der Waals surface area (Å²) in [5, 5.41) is 3.39. The molecule has 1 aromatic heterocycles. The van der Waals surface area contributed by atoms with Crippen molar-refractivity contribution < 1.29 is 0 Å². The number of aryl methyl sites for hydroxylation is 2. The first kappa shape index (κ1) is 14.2. The molecule has 0 spiro atoms. The number of likely N-dealkylation sites (N-methyl/N-ethyl adjacent to an activating group) is 1. The fraction of sp³-hybridized carbons (Fsp3) is 0.312. The summed E-state index contributed by atoms with van der Waals surface area (Å²) < 4.78 is 1.02. The molecule has 2 nitrogen and oxygen atoms in total. The topological polar surface area (TPSA) is 24.9 Å². The van der Waals surface area contributed by atoms with Crippen LogP contribution in [0.3, 0.4) is 0 Å². The molecule has 0 aliphatic heterocycles. The second kappa shape index (κ2) is 6.31. The number of pyridine rings is 1. The zero-order valence-electron chi connectivity index (χ0n) is 11.6. The molecule has 0 aliphatic carbocycles. The molecule has 0 fully saturated rings. The third kappa shape index (κ3) is 3.43. The molecule has 0 radical (unpaired) electrons. The van der Waals surface area contributed by atoms with Crippen molar-refractivity contribution >= 4 is 15.9 Å². The lowest BCUT2D eigenvalue weighted by molar-refractivity contribution is 0.586. The van der Waals surface area contributed by atoms with Gasteiger partial charge in [0.2, 0.25) is 0 Å². The third-order valence-electron chi connectivity index (χ3n) is 3.53. The highest BCUT2D eigenvalue weighted by atomic mass is 79.9. The van der Waals surface area contributed by atoms with E-state index in [4.69, 9.17) is 0 Å². The molecule has 1 unspecified atom stereocenters. The minimum atomic E-state index is 0.282. The van der Waals surface area contributed by atoms with Crippen LogP contribution in [0.2, 0.25) is 0 Å². The summed E-state index contributed by atoms with van der Waals surface area (Å²) in [6.07, 6.45) is 4.72. The molecule has 0 bridgehead atoms. The molecular weight excluding hydrogens is 300 g/mol. The summed E-state index contributed by atoms with van der Waals surface area (Å²) in [5.41, 5.74) is 5.33. The van der Waals surface area contributed by atoms with Gasteiger partial charge in [-0.1, -0.05) is 18.2 Å². The predicted octanol–water partition coefficient (Wildman–Crippen LogP) is 3.96. The van der Waals surface area contributed by atoms with E-state index in [9.17, 15) is 0 Å². The van der Waals surface area contributed by atoms with Crippen molar-refractivity contribution in [3.05, 3.63) is 63.4 Å². The molecule has 1 aromatic carbocycles. The number of hydrogen-bond acceptors (Lipinski definition) is 2. The Balaban J connectivity index is 2.29. The van der Waals surface area contributed by atoms with Crippen molar-refractivity contribution in [2.75, 3.05) is 7.05 Å². The number of benzene rings is 1. The van der Waals surface area contributed by atoms with E-state index in [1.54, 1.807) is 0 Å². The highest BCUT2D eigenvalue weighted by Gasteiger charge is 2.13. The van der Waals surface area contributed by atoms with Gasteiger partial charge in [-0.2, -0.15) is 0 Å². The van der Waals surface area contributed by atoms with Crippen LogP contribution in [-0.4, -0.2) is 12.0 Å². The van der Waals surface area contributed by atoms with Crippen molar-refractivity contribution in [3.8, 4) is 0 Å². The number of hydrogen-bond donors (Lipinski definition) is 1. The maximum absolute atomic E-state index is 4.25. The Labute approximate surface area is 123 Å². The molecule has 100 valence electrons. The van der Waals surface area contributed by atoms with Crippen molar-refractivity contribution in [2.45, 2.75) is 26.3 Å². The highest BCUT2D eigenvalue weighted by Crippen LogP contribution is 2.24. The van der Waals surface area contributed by atoms with Crippen molar-refractivity contribution in [1.29, 1.82) is 0 Å². The minimum Gasteiger partial charge on any atom is -0.313 e. The van der Waals surface area contributed by atoms with Crippen LogP contribution in [0.1, 0.15) is 28.3 Å². The quantitative estimate of drug-likeness (QED) is 0.922. The molecule has 19 heavy (non-hydrogen) atoms. The normalized spacial score (nSPS) is 12.4. The fourth-order valence-electron chi connectivity index (χ4n) is 2.38. The summed E-state index contributed by atoms with van der Waals surface area (Å²) in [6.45, 7) is 4.35. The van der Waals surface area contributed by atoms with Gasteiger partial charge in [-0.25, -0.2) is 0 Å². The Morgan fingerprint density at radius 2 is 1.89 bits per heavy atom. The van der Waals surface area contributed by atoms with Gasteiger partial charge in [-0.3, -0.25) is 4.98 Å². The van der Waals surface area contributed by atoms with Crippen LogP contribution >= 0.6 is 15.9 Å². The van der Waals surface area contributed by atoms with Crippen molar-refractivity contribution in [3.63, 3.8) is 0 Å². The number of aromatic nitrogens is 1. The van der Waals surface area contributed by atoms with E-state index in [2.05, 4.69) is 64.3 Å². The van der Waals surface area contributed by atoms with Crippen LogP contribution in [0.5, 0.6) is 0 Å². The van der Waals surface area contributed by atoms with Gasteiger partial charge in [-0.05, 0) is 71.6 Å². The summed E-state index contributed by atoms with van der Waals surface area (Å²) >= 11 is 3.48. The highest BCUT2D eigenvalue weighted by molar-refractivity contribution is 9.10. The summed E-state index contributed by atoms with van der Waals surface area (Å²) in [4.78, 5) is 4.25. The largest absolute Gasteiger partial charge is 0.313 e. The van der Waals surface area contributed by atoms with Crippen LogP contribution in [0.15, 0.2) is 41.1 Å². The predicted molar refractivity (Wildman–Crippen MR) is 83.4 cm³/mol. The zero-order valence-corrected chi connectivity index (χ0v) is 13.2. The molecule has 2 aromatic rings. The molecule has 0 aliphatic rings. The molecule has 1 heterocycles. The molecule has 1 N–H and O–H groups in total. The van der Waals surface area contributed by atoms with E-state index in [1.807, 2.05) is 19.4 Å². The fourth-order valence-corrected chi connectivity index (χ4v) is 2.76. The molecule has 0 saturated carbocycles. The molecule has 0 saturated heterocycles. The van der Waals surface area contributed by atoms with Crippen molar-refractivity contribution in [2.24, 2.45) is 0 Å². The van der Waals surface area contributed by atoms with Gasteiger partial charge >= 0.3 is 0 Å². The minimum absolute atomic E-state index is 0.282. The van der Waals surface area contributed by atoms with Gasteiger partial charge in [0.15, 0.2) is 0 Å². The Bertz CT molecular complexity index is 546. The maximum Gasteiger partial charge on any atom is 0.0410 e. The van der Waals surface area contributed by atoms with E-state index in [-0.39, 0.29) is 6.04 Å². The first-order valence-electron chi connectivity index (χ1n) is 6.44. The Kier molecular flexibility index (Phi) is 4.72. The van der Waals surface area contributed by atoms with Gasteiger partial charge in [0, 0.05) is 22.9 Å². The van der Waals surface area contributed by atoms with E-state index >= 15 is 0 Å². The average molecular weight is 319 g/mol. The smallest absolute Gasteiger partial charge is 0.0410 e. The van der Waals surface area contributed by atoms with Crippen LogP contribution in [0, 0.1) is 13.8 Å². The zero-order chi connectivity index (χ0) is 13.8. The van der Waals surface area contributed by atoms with Crippen molar-refractivity contribution in [1.82, 2.24) is 10.3 Å². The van der Waals surface area contributed by atoms with Gasteiger partial charge < -0.3 is 5.32 Å². The number of nitrogens with zero attached hydrogens (tertiary/aromatic N) is 1. The second-order valence-electron chi connectivity index (χ2n) is 4.85. The Morgan fingerprint density at radius 3 is 2.47 bits per heavy atom. The van der Waals surface area contributed by atoms with E-state index in [1.165, 1.54) is 22.3 Å². The van der Waals surface area contributed by atoms with E-state index in [0.717, 1.165) is 10.9 Å². The lowest BCUT2D eigenvalue weighted by Gasteiger charge is -2.19. The van der Waals surface area contributed by atoms with Crippen LogP contribution in [-0.2, 0) is 6.42 Å². The first-order valence-corrected chi connectivity index (χ1v) is 7.24. The summed E-state index contributed by atoms with van der Waals surface area (Å²) in [6, 6.07) is 8.87. The van der Waals surface area contributed by atoms with Gasteiger partial charge in [0.05, 0.1) is 0 Å². The molecular formula is C16H19BrN2. The Morgan fingerprint density at radius 1 is 1.21 bits per heavy atom. The van der Waals surface area contributed by atoms with E-state index < -0.39 is 0 Å². The first-order chi connectivity index (χ1) is 9.11. The van der Waals surface area contributed by atoms with E-state index in [0.29, 0.717) is 0 Å². The van der Waals surface area contributed by atoms with Gasteiger partial charge in [0.25, 0.3) is 0 Å².